The number of carbonyl (C=O) groups excluding carboxylic acids is 1. The van der Waals surface area contributed by atoms with Gasteiger partial charge >= 0.3 is 0 Å². The van der Waals surface area contributed by atoms with Crippen LogP contribution in [0.5, 0.6) is 5.75 Å². The van der Waals surface area contributed by atoms with Gasteiger partial charge in [-0.05, 0) is 55.3 Å². The Labute approximate surface area is 171 Å². The molecule has 0 N–H and O–H groups in total. The molecule has 1 amide bonds. The lowest BCUT2D eigenvalue weighted by Crippen LogP contribution is -2.27. The molecule has 134 valence electrons. The number of halogens is 1. The molecule has 1 heterocycles. The summed E-state index contributed by atoms with van der Waals surface area (Å²) in [6.45, 7) is 4.13. The van der Waals surface area contributed by atoms with Crippen molar-refractivity contribution in [3.8, 4) is 5.75 Å². The number of ether oxygens (including phenoxy) is 1. The maximum Gasteiger partial charge on any atom is 0.270 e. The van der Waals surface area contributed by atoms with E-state index in [0.29, 0.717) is 9.23 Å². The van der Waals surface area contributed by atoms with Crippen LogP contribution >= 0.6 is 39.9 Å². The Morgan fingerprint density at radius 1 is 1.27 bits per heavy atom. The van der Waals surface area contributed by atoms with Crippen LogP contribution in [0.15, 0.2) is 57.9 Å². The fourth-order valence-electron chi connectivity index (χ4n) is 2.42. The molecule has 1 aliphatic rings. The highest BCUT2D eigenvalue weighted by molar-refractivity contribution is 9.10. The van der Waals surface area contributed by atoms with Gasteiger partial charge in [-0.3, -0.25) is 9.69 Å². The minimum atomic E-state index is -0.0990. The summed E-state index contributed by atoms with van der Waals surface area (Å²) >= 11 is 10.2. The maximum atomic E-state index is 12.8. The first-order chi connectivity index (χ1) is 12.5. The molecule has 1 atom stereocenters. The lowest BCUT2D eigenvalue weighted by molar-refractivity contribution is -0.113. The van der Waals surface area contributed by atoms with Crippen molar-refractivity contribution >= 4 is 61.9 Å². The molecule has 2 aromatic rings. The van der Waals surface area contributed by atoms with Crippen LogP contribution in [0.2, 0.25) is 0 Å². The molecule has 2 aromatic carbocycles. The SMILES string of the molecule is CC[C@@H](C)Oc1ccc(/C=C2\SC(=S)N(c3cccc(Br)c3)C2=O)cc1. The maximum absolute atomic E-state index is 12.8. The van der Waals surface area contributed by atoms with Crippen LogP contribution in [0.4, 0.5) is 5.69 Å². The Morgan fingerprint density at radius 2 is 2.00 bits per heavy atom. The van der Waals surface area contributed by atoms with E-state index in [4.69, 9.17) is 17.0 Å². The van der Waals surface area contributed by atoms with E-state index in [9.17, 15) is 4.79 Å². The average molecular weight is 448 g/mol. The quantitative estimate of drug-likeness (QED) is 0.413. The summed E-state index contributed by atoms with van der Waals surface area (Å²) in [7, 11) is 0. The monoisotopic (exact) mass is 447 g/mol. The topological polar surface area (TPSA) is 29.5 Å². The molecule has 0 aliphatic carbocycles. The first-order valence-electron chi connectivity index (χ1n) is 8.28. The van der Waals surface area contributed by atoms with E-state index in [0.717, 1.165) is 27.9 Å². The molecular formula is C20H18BrNO2S2. The van der Waals surface area contributed by atoms with Crippen molar-refractivity contribution in [2.45, 2.75) is 26.4 Å². The second-order valence-electron chi connectivity index (χ2n) is 5.90. The zero-order valence-corrected chi connectivity index (χ0v) is 17.7. The number of nitrogens with zero attached hydrogens (tertiary/aromatic N) is 1. The highest BCUT2D eigenvalue weighted by atomic mass is 79.9. The Morgan fingerprint density at radius 3 is 2.65 bits per heavy atom. The molecule has 26 heavy (non-hydrogen) atoms. The number of carbonyl (C=O) groups is 1. The van der Waals surface area contributed by atoms with Gasteiger partial charge in [0.15, 0.2) is 4.32 Å². The second-order valence-corrected chi connectivity index (χ2v) is 8.49. The van der Waals surface area contributed by atoms with Crippen LogP contribution in [-0.4, -0.2) is 16.3 Å². The molecule has 6 heteroatoms. The van der Waals surface area contributed by atoms with E-state index in [1.165, 1.54) is 11.8 Å². The van der Waals surface area contributed by atoms with Crippen molar-refractivity contribution in [2.24, 2.45) is 0 Å². The summed E-state index contributed by atoms with van der Waals surface area (Å²) in [5, 5.41) is 0. The van der Waals surface area contributed by atoms with Crippen LogP contribution < -0.4 is 9.64 Å². The summed E-state index contributed by atoms with van der Waals surface area (Å²) in [6.07, 6.45) is 3.01. The predicted octanol–water partition coefficient (Wildman–Crippen LogP) is 6.03. The molecule has 1 fully saturated rings. The summed E-state index contributed by atoms with van der Waals surface area (Å²) in [5.41, 5.74) is 1.71. The Kier molecular flexibility index (Phi) is 6.16. The Bertz CT molecular complexity index is 864. The van der Waals surface area contributed by atoms with Gasteiger partial charge in [-0.25, -0.2) is 0 Å². The standard InChI is InChI=1S/C20H18BrNO2S2/c1-3-13(2)24-17-9-7-14(8-10-17)11-18-19(23)22(20(25)26-18)16-6-4-5-15(21)12-16/h4-13H,3H2,1-2H3/b18-11-/t13-/m1/s1. The van der Waals surface area contributed by atoms with E-state index in [-0.39, 0.29) is 12.0 Å². The molecule has 0 bridgehead atoms. The highest BCUT2D eigenvalue weighted by Gasteiger charge is 2.33. The molecule has 0 unspecified atom stereocenters. The number of anilines is 1. The second kappa shape index (κ2) is 8.37. The lowest BCUT2D eigenvalue weighted by atomic mass is 10.2. The van der Waals surface area contributed by atoms with Gasteiger partial charge in [0.1, 0.15) is 5.75 Å². The van der Waals surface area contributed by atoms with Gasteiger partial charge in [-0.1, -0.05) is 65.0 Å². The van der Waals surface area contributed by atoms with Gasteiger partial charge in [-0.15, -0.1) is 0 Å². The summed E-state index contributed by atoms with van der Waals surface area (Å²) < 4.78 is 7.23. The van der Waals surface area contributed by atoms with Crippen molar-refractivity contribution in [1.29, 1.82) is 0 Å². The van der Waals surface area contributed by atoms with E-state index in [2.05, 4.69) is 22.9 Å². The molecule has 3 nitrogen and oxygen atoms in total. The van der Waals surface area contributed by atoms with Crippen LogP contribution in [0.25, 0.3) is 6.08 Å². The first-order valence-corrected chi connectivity index (χ1v) is 10.3. The van der Waals surface area contributed by atoms with Crippen molar-refractivity contribution in [3.63, 3.8) is 0 Å². The number of hydrogen-bond donors (Lipinski definition) is 0. The van der Waals surface area contributed by atoms with Gasteiger partial charge < -0.3 is 4.74 Å². The van der Waals surface area contributed by atoms with E-state index in [1.54, 1.807) is 4.90 Å². The third-order valence-electron chi connectivity index (χ3n) is 3.95. The van der Waals surface area contributed by atoms with Gasteiger partial charge in [0.05, 0.1) is 16.7 Å². The molecule has 1 saturated heterocycles. The summed E-state index contributed by atoms with van der Waals surface area (Å²) in [4.78, 5) is 15.0. The van der Waals surface area contributed by atoms with Crippen molar-refractivity contribution < 1.29 is 9.53 Å². The molecule has 0 spiro atoms. The number of benzene rings is 2. The van der Waals surface area contributed by atoms with Crippen molar-refractivity contribution in [2.75, 3.05) is 4.90 Å². The molecular weight excluding hydrogens is 430 g/mol. The minimum Gasteiger partial charge on any atom is -0.491 e. The van der Waals surface area contributed by atoms with Gasteiger partial charge in [0, 0.05) is 4.47 Å². The smallest absolute Gasteiger partial charge is 0.270 e. The fraction of sp³-hybridized carbons (Fsp3) is 0.200. The van der Waals surface area contributed by atoms with Crippen molar-refractivity contribution in [1.82, 2.24) is 0 Å². The molecule has 0 aromatic heterocycles. The van der Waals surface area contributed by atoms with E-state index in [1.807, 2.05) is 61.5 Å². The number of hydrogen-bond acceptors (Lipinski definition) is 4. The van der Waals surface area contributed by atoms with Gasteiger partial charge in [0.25, 0.3) is 5.91 Å². The minimum absolute atomic E-state index is 0.0990. The van der Waals surface area contributed by atoms with Crippen LogP contribution in [0, 0.1) is 0 Å². The largest absolute Gasteiger partial charge is 0.491 e. The Balaban J connectivity index is 1.79. The van der Waals surface area contributed by atoms with E-state index < -0.39 is 0 Å². The number of thioether (sulfide) groups is 1. The lowest BCUT2D eigenvalue weighted by Gasteiger charge is -2.14. The molecule has 0 saturated carbocycles. The number of rotatable bonds is 5. The van der Waals surface area contributed by atoms with Gasteiger partial charge in [-0.2, -0.15) is 0 Å². The fourth-order valence-corrected chi connectivity index (χ4v) is 4.10. The van der Waals surface area contributed by atoms with Crippen molar-refractivity contribution in [3.05, 3.63) is 63.5 Å². The van der Waals surface area contributed by atoms with Crippen LogP contribution in [0.3, 0.4) is 0 Å². The third kappa shape index (κ3) is 4.37. The van der Waals surface area contributed by atoms with E-state index >= 15 is 0 Å². The predicted molar refractivity (Wildman–Crippen MR) is 117 cm³/mol. The summed E-state index contributed by atoms with van der Waals surface area (Å²) in [6, 6.07) is 15.3. The van der Waals surface area contributed by atoms with Gasteiger partial charge in [0.2, 0.25) is 0 Å². The average Bonchev–Trinajstić information content (AvgIpc) is 2.90. The van der Waals surface area contributed by atoms with Crippen LogP contribution in [0.1, 0.15) is 25.8 Å². The first kappa shape index (κ1) is 19.1. The Hall–Kier alpha value is -1.63. The normalized spacial score (nSPS) is 17.0. The number of thiocarbonyl (C=S) groups is 1. The molecule has 1 aliphatic heterocycles. The zero-order chi connectivity index (χ0) is 18.7. The van der Waals surface area contributed by atoms with Crippen LogP contribution in [-0.2, 0) is 4.79 Å². The molecule has 3 rings (SSSR count). The molecule has 0 radical (unpaired) electrons. The zero-order valence-electron chi connectivity index (χ0n) is 14.4. The highest BCUT2D eigenvalue weighted by Crippen LogP contribution is 2.36. The third-order valence-corrected chi connectivity index (χ3v) is 5.75. The summed E-state index contributed by atoms with van der Waals surface area (Å²) in [5.74, 6) is 0.733. The number of amides is 1.